The van der Waals surface area contributed by atoms with E-state index >= 15 is 0 Å². The third kappa shape index (κ3) is 5.39. The van der Waals surface area contributed by atoms with Crippen molar-refractivity contribution in [3.63, 3.8) is 0 Å². The van der Waals surface area contributed by atoms with E-state index in [4.69, 9.17) is 4.74 Å². The summed E-state index contributed by atoms with van der Waals surface area (Å²) in [5, 5.41) is 20.1. The number of aliphatic hydroxyl groups excluding tert-OH is 1. The van der Waals surface area contributed by atoms with Crippen LogP contribution in [-0.4, -0.2) is 36.0 Å². The molecule has 2 N–H and O–H groups in total. The van der Waals surface area contributed by atoms with Crippen molar-refractivity contribution in [2.24, 2.45) is 0 Å². The van der Waals surface area contributed by atoms with Gasteiger partial charge in [0.1, 0.15) is 0 Å². The molecule has 142 valence electrons. The SMILES string of the molecule is C=C(C)C(O)Cc1cccc(/C(=C/CCOC)c2ccccc2)c1C(=O)O. The molecule has 2 aromatic carbocycles. The molecule has 0 aliphatic carbocycles. The lowest BCUT2D eigenvalue weighted by molar-refractivity contribution is 0.0695. The predicted molar refractivity (Wildman–Crippen MR) is 108 cm³/mol. The van der Waals surface area contributed by atoms with Gasteiger partial charge in [-0.15, -0.1) is 0 Å². The summed E-state index contributed by atoms with van der Waals surface area (Å²) in [6, 6.07) is 15.1. The average molecular weight is 366 g/mol. The summed E-state index contributed by atoms with van der Waals surface area (Å²) < 4.78 is 5.14. The van der Waals surface area contributed by atoms with Crippen molar-refractivity contribution in [2.45, 2.75) is 25.9 Å². The Kier molecular flexibility index (Phi) is 7.53. The zero-order chi connectivity index (χ0) is 19.8. The molecule has 4 heteroatoms. The van der Waals surface area contributed by atoms with Crippen LogP contribution in [0.4, 0.5) is 0 Å². The second-order valence-electron chi connectivity index (χ2n) is 6.48. The van der Waals surface area contributed by atoms with Crippen LogP contribution in [0, 0.1) is 0 Å². The zero-order valence-corrected chi connectivity index (χ0v) is 15.8. The topological polar surface area (TPSA) is 66.8 Å². The molecule has 0 saturated heterocycles. The molecule has 0 heterocycles. The summed E-state index contributed by atoms with van der Waals surface area (Å²) in [4.78, 5) is 12.1. The molecule has 27 heavy (non-hydrogen) atoms. The highest BCUT2D eigenvalue weighted by molar-refractivity contribution is 5.98. The Morgan fingerprint density at radius 1 is 1.19 bits per heavy atom. The van der Waals surface area contributed by atoms with Crippen molar-refractivity contribution in [3.05, 3.63) is 89.0 Å². The summed E-state index contributed by atoms with van der Waals surface area (Å²) in [5.74, 6) is -1.01. The van der Waals surface area contributed by atoms with E-state index in [0.29, 0.717) is 29.7 Å². The van der Waals surface area contributed by atoms with Crippen LogP contribution < -0.4 is 0 Å². The number of carboxylic acids is 1. The number of rotatable bonds is 9. The lowest BCUT2D eigenvalue weighted by Gasteiger charge is -2.17. The summed E-state index contributed by atoms with van der Waals surface area (Å²) in [6.45, 7) is 6.04. The first-order valence-electron chi connectivity index (χ1n) is 8.89. The second kappa shape index (κ2) is 9.86. The normalized spacial score (nSPS) is 12.6. The van der Waals surface area contributed by atoms with Crippen LogP contribution in [0.5, 0.6) is 0 Å². The van der Waals surface area contributed by atoms with E-state index in [0.717, 1.165) is 11.1 Å². The van der Waals surface area contributed by atoms with Gasteiger partial charge in [0, 0.05) is 20.1 Å². The lowest BCUT2D eigenvalue weighted by atomic mass is 9.88. The maximum atomic E-state index is 12.1. The van der Waals surface area contributed by atoms with Gasteiger partial charge in [-0.3, -0.25) is 0 Å². The molecule has 1 unspecified atom stereocenters. The highest BCUT2D eigenvalue weighted by atomic mass is 16.5. The maximum absolute atomic E-state index is 12.1. The molecule has 0 aromatic heterocycles. The van der Waals surface area contributed by atoms with Gasteiger partial charge in [-0.25, -0.2) is 4.79 Å². The Morgan fingerprint density at radius 3 is 2.48 bits per heavy atom. The third-order valence-corrected chi connectivity index (χ3v) is 4.39. The van der Waals surface area contributed by atoms with Crippen LogP contribution >= 0.6 is 0 Å². The summed E-state index contributed by atoms with van der Waals surface area (Å²) >= 11 is 0. The molecule has 0 amide bonds. The van der Waals surface area contributed by atoms with Crippen molar-refractivity contribution in [1.82, 2.24) is 0 Å². The Bertz CT molecular complexity index is 822. The second-order valence-corrected chi connectivity index (χ2v) is 6.48. The molecule has 0 saturated carbocycles. The lowest BCUT2D eigenvalue weighted by Crippen LogP contribution is -2.15. The Labute approximate surface area is 160 Å². The van der Waals surface area contributed by atoms with Gasteiger partial charge >= 0.3 is 5.97 Å². The molecule has 2 aromatic rings. The fourth-order valence-electron chi connectivity index (χ4n) is 2.95. The first kappa shape index (κ1) is 20.6. The number of ether oxygens (including phenoxy) is 1. The van der Waals surface area contributed by atoms with E-state index in [2.05, 4.69) is 6.58 Å². The van der Waals surface area contributed by atoms with Crippen LogP contribution in [0.1, 0.15) is 40.4 Å². The van der Waals surface area contributed by atoms with Gasteiger partial charge in [-0.1, -0.05) is 66.8 Å². The van der Waals surface area contributed by atoms with Gasteiger partial charge in [-0.05, 0) is 35.6 Å². The fourth-order valence-corrected chi connectivity index (χ4v) is 2.95. The maximum Gasteiger partial charge on any atom is 0.336 e. The minimum Gasteiger partial charge on any atom is -0.478 e. The summed E-state index contributed by atoms with van der Waals surface area (Å²) in [7, 11) is 1.64. The number of hydrogen-bond acceptors (Lipinski definition) is 3. The number of carboxylic acid groups (broad SMARTS) is 1. The van der Waals surface area contributed by atoms with E-state index in [-0.39, 0.29) is 12.0 Å². The van der Waals surface area contributed by atoms with Gasteiger partial charge in [0.25, 0.3) is 0 Å². The largest absolute Gasteiger partial charge is 0.478 e. The Balaban J connectivity index is 2.59. The zero-order valence-electron chi connectivity index (χ0n) is 15.8. The Morgan fingerprint density at radius 2 is 1.89 bits per heavy atom. The smallest absolute Gasteiger partial charge is 0.336 e. The molecule has 1 atom stereocenters. The van der Waals surface area contributed by atoms with Crippen molar-refractivity contribution in [2.75, 3.05) is 13.7 Å². The molecule has 0 aliphatic heterocycles. The molecule has 0 fully saturated rings. The molecule has 0 radical (unpaired) electrons. The van der Waals surface area contributed by atoms with E-state index in [1.165, 1.54) is 0 Å². The number of hydrogen-bond donors (Lipinski definition) is 2. The average Bonchev–Trinajstić information content (AvgIpc) is 2.65. The molecule has 4 nitrogen and oxygen atoms in total. The van der Waals surface area contributed by atoms with E-state index in [1.807, 2.05) is 48.5 Å². The van der Waals surface area contributed by atoms with Crippen molar-refractivity contribution in [3.8, 4) is 0 Å². The quantitative estimate of drug-likeness (QED) is 0.512. The molecular weight excluding hydrogens is 340 g/mol. The first-order chi connectivity index (χ1) is 13.0. The molecule has 0 spiro atoms. The van der Waals surface area contributed by atoms with Gasteiger partial charge in [0.15, 0.2) is 0 Å². The summed E-state index contributed by atoms with van der Waals surface area (Å²) in [6.07, 6.45) is 2.10. The number of methoxy groups -OCH3 is 1. The number of aliphatic hydroxyl groups is 1. The fraction of sp³-hybridized carbons (Fsp3) is 0.261. The van der Waals surface area contributed by atoms with Crippen LogP contribution in [0.15, 0.2) is 66.8 Å². The molecule has 0 aliphatic rings. The molecule has 0 bridgehead atoms. The van der Waals surface area contributed by atoms with Crippen LogP contribution in [0.2, 0.25) is 0 Å². The molecular formula is C23H26O4. The van der Waals surface area contributed by atoms with Crippen LogP contribution in [0.25, 0.3) is 5.57 Å². The highest BCUT2D eigenvalue weighted by Gasteiger charge is 2.20. The van der Waals surface area contributed by atoms with Crippen molar-refractivity contribution < 1.29 is 19.7 Å². The number of benzene rings is 2. The van der Waals surface area contributed by atoms with E-state index < -0.39 is 12.1 Å². The van der Waals surface area contributed by atoms with Gasteiger partial charge < -0.3 is 14.9 Å². The number of aromatic carboxylic acids is 1. The van der Waals surface area contributed by atoms with Gasteiger partial charge in [0.05, 0.1) is 11.7 Å². The minimum atomic E-state index is -1.01. The minimum absolute atomic E-state index is 0.213. The highest BCUT2D eigenvalue weighted by Crippen LogP contribution is 2.30. The first-order valence-corrected chi connectivity index (χ1v) is 8.89. The monoisotopic (exact) mass is 366 g/mol. The van der Waals surface area contributed by atoms with E-state index in [1.54, 1.807) is 20.1 Å². The Hall–Kier alpha value is -2.69. The molecule has 2 rings (SSSR count). The van der Waals surface area contributed by atoms with E-state index in [9.17, 15) is 15.0 Å². The van der Waals surface area contributed by atoms with Gasteiger partial charge in [-0.2, -0.15) is 0 Å². The van der Waals surface area contributed by atoms with Crippen LogP contribution in [-0.2, 0) is 11.2 Å². The number of carbonyl (C=O) groups is 1. The van der Waals surface area contributed by atoms with Crippen LogP contribution in [0.3, 0.4) is 0 Å². The van der Waals surface area contributed by atoms with Crippen molar-refractivity contribution >= 4 is 11.5 Å². The third-order valence-electron chi connectivity index (χ3n) is 4.39. The van der Waals surface area contributed by atoms with Crippen molar-refractivity contribution in [1.29, 1.82) is 0 Å². The summed E-state index contributed by atoms with van der Waals surface area (Å²) in [5.41, 5.74) is 3.83. The standard InChI is InChI=1S/C23H26O4/c1-16(2)21(24)15-18-11-7-12-20(22(18)23(25)26)19(13-8-14-27-3)17-9-5-4-6-10-17/h4-7,9-13,21,24H,1,8,14-15H2,2-3H3,(H,25,26)/b19-13+. The predicted octanol–water partition coefficient (Wildman–Crippen LogP) is 4.33. The van der Waals surface area contributed by atoms with Gasteiger partial charge in [0.2, 0.25) is 0 Å².